The molecule has 0 saturated heterocycles. The predicted octanol–water partition coefficient (Wildman–Crippen LogP) is 4.56. The molecule has 0 bridgehead atoms. The van der Waals surface area contributed by atoms with Crippen LogP contribution < -0.4 is 5.56 Å². The van der Waals surface area contributed by atoms with Crippen molar-refractivity contribution in [1.82, 2.24) is 4.57 Å². The maximum absolute atomic E-state index is 13.2. The lowest BCUT2D eigenvalue weighted by Crippen LogP contribution is -2.29. The number of fused-ring (bicyclic) bond motifs is 1. The lowest BCUT2D eigenvalue weighted by molar-refractivity contribution is 0.489. The Hall–Kier alpha value is -2.77. The van der Waals surface area contributed by atoms with Gasteiger partial charge in [0.1, 0.15) is 17.4 Å². The highest BCUT2D eigenvalue weighted by Crippen LogP contribution is 2.35. The van der Waals surface area contributed by atoms with E-state index in [-0.39, 0.29) is 17.7 Å². The van der Waals surface area contributed by atoms with Gasteiger partial charge in [-0.05, 0) is 55.0 Å². The number of nitrogens with zero attached hydrogens (tertiary/aromatic N) is 2. The smallest absolute Gasteiger partial charge is 0.269 e. The Balaban J connectivity index is 2.07. The van der Waals surface area contributed by atoms with Crippen LogP contribution in [0.4, 0.5) is 0 Å². The third kappa shape index (κ3) is 2.75. The van der Waals surface area contributed by atoms with Crippen molar-refractivity contribution < 1.29 is 4.42 Å². The van der Waals surface area contributed by atoms with Crippen LogP contribution in [-0.4, -0.2) is 4.57 Å². The molecule has 26 heavy (non-hydrogen) atoms. The van der Waals surface area contributed by atoms with Crippen LogP contribution in [0.15, 0.2) is 51.9 Å². The zero-order valence-corrected chi connectivity index (χ0v) is 14.9. The molecule has 2 heterocycles. The van der Waals surface area contributed by atoms with Gasteiger partial charge >= 0.3 is 0 Å². The fourth-order valence-electron chi connectivity index (χ4n) is 3.76. The van der Waals surface area contributed by atoms with Crippen LogP contribution >= 0.6 is 11.6 Å². The topological polar surface area (TPSA) is 58.9 Å². The molecule has 0 radical (unpaired) electrons. The van der Waals surface area contributed by atoms with Crippen LogP contribution in [0.1, 0.15) is 35.3 Å². The van der Waals surface area contributed by atoms with Gasteiger partial charge in [-0.1, -0.05) is 29.8 Å². The van der Waals surface area contributed by atoms with Gasteiger partial charge in [0.2, 0.25) is 0 Å². The Morgan fingerprint density at radius 1 is 1.12 bits per heavy atom. The van der Waals surface area contributed by atoms with Crippen LogP contribution in [0.2, 0.25) is 5.02 Å². The summed E-state index contributed by atoms with van der Waals surface area (Å²) in [5.74, 6) is 0.667. The van der Waals surface area contributed by atoms with Crippen molar-refractivity contribution in [2.45, 2.75) is 32.2 Å². The minimum Gasteiger partial charge on any atom is -0.467 e. The number of furan rings is 1. The molecule has 0 atom stereocenters. The van der Waals surface area contributed by atoms with E-state index in [1.54, 1.807) is 16.9 Å². The first kappa shape index (κ1) is 16.7. The molecule has 5 heteroatoms. The quantitative estimate of drug-likeness (QED) is 0.684. The molecule has 0 fully saturated rings. The number of halogens is 1. The van der Waals surface area contributed by atoms with E-state index in [0.717, 1.165) is 48.1 Å². The summed E-state index contributed by atoms with van der Waals surface area (Å²) in [5.41, 5.74) is 3.55. The van der Waals surface area contributed by atoms with Crippen LogP contribution in [0.25, 0.3) is 11.3 Å². The largest absolute Gasteiger partial charge is 0.467 e. The van der Waals surface area contributed by atoms with Gasteiger partial charge in [0.15, 0.2) is 0 Å². The molecule has 130 valence electrons. The van der Waals surface area contributed by atoms with Gasteiger partial charge < -0.3 is 4.42 Å². The molecule has 4 nitrogen and oxygen atoms in total. The van der Waals surface area contributed by atoms with Crippen molar-refractivity contribution in [1.29, 1.82) is 5.26 Å². The van der Waals surface area contributed by atoms with E-state index in [4.69, 9.17) is 16.0 Å². The highest BCUT2D eigenvalue weighted by atomic mass is 35.5. The molecule has 0 unspecified atom stereocenters. The summed E-state index contributed by atoms with van der Waals surface area (Å²) in [6, 6.07) is 13.3. The Morgan fingerprint density at radius 3 is 2.58 bits per heavy atom. The van der Waals surface area contributed by atoms with Crippen molar-refractivity contribution in [2.75, 3.05) is 0 Å². The first-order valence-corrected chi connectivity index (χ1v) is 9.04. The zero-order chi connectivity index (χ0) is 18.1. The van der Waals surface area contributed by atoms with E-state index in [9.17, 15) is 10.1 Å². The second-order valence-corrected chi connectivity index (χ2v) is 6.86. The standard InChI is InChI=1S/C21H17ClN2O2/c22-19-10-4-3-9-17(19)20-16-8-2-1-7-15(16)18(12-23)21(25)24(20)13-14-6-5-11-26-14/h3-6,9-11H,1-2,7-8,13H2. The van der Waals surface area contributed by atoms with Gasteiger partial charge in [0.25, 0.3) is 5.56 Å². The van der Waals surface area contributed by atoms with Gasteiger partial charge in [0.05, 0.1) is 18.5 Å². The second kappa shape index (κ2) is 6.86. The molecular formula is C21H17ClN2O2. The Bertz CT molecular complexity index is 1060. The molecule has 0 aliphatic heterocycles. The molecular weight excluding hydrogens is 348 g/mol. The zero-order valence-electron chi connectivity index (χ0n) is 14.2. The van der Waals surface area contributed by atoms with E-state index in [1.807, 2.05) is 30.3 Å². The maximum atomic E-state index is 13.2. The minimum atomic E-state index is -0.278. The third-order valence-corrected chi connectivity index (χ3v) is 5.25. The van der Waals surface area contributed by atoms with Crippen LogP contribution in [0.3, 0.4) is 0 Å². The number of benzene rings is 1. The summed E-state index contributed by atoms with van der Waals surface area (Å²) in [7, 11) is 0. The van der Waals surface area contributed by atoms with Crippen molar-refractivity contribution in [3.63, 3.8) is 0 Å². The van der Waals surface area contributed by atoms with Crippen LogP contribution in [-0.2, 0) is 19.4 Å². The monoisotopic (exact) mass is 364 g/mol. The normalized spacial score (nSPS) is 13.2. The number of hydrogen-bond donors (Lipinski definition) is 0. The summed E-state index contributed by atoms with van der Waals surface area (Å²) >= 11 is 6.48. The molecule has 1 aromatic carbocycles. The molecule has 1 aliphatic carbocycles. The average molecular weight is 365 g/mol. The highest BCUT2D eigenvalue weighted by Gasteiger charge is 2.25. The first-order valence-electron chi connectivity index (χ1n) is 8.66. The van der Waals surface area contributed by atoms with E-state index in [0.29, 0.717) is 10.8 Å². The molecule has 0 N–H and O–H groups in total. The summed E-state index contributed by atoms with van der Waals surface area (Å²) in [5, 5.41) is 10.2. The summed E-state index contributed by atoms with van der Waals surface area (Å²) < 4.78 is 7.10. The minimum absolute atomic E-state index is 0.252. The van der Waals surface area contributed by atoms with Crippen LogP contribution in [0, 0.1) is 11.3 Å². The van der Waals surface area contributed by atoms with E-state index in [2.05, 4.69) is 6.07 Å². The molecule has 1 aliphatic rings. The van der Waals surface area contributed by atoms with Gasteiger partial charge in [-0.3, -0.25) is 9.36 Å². The van der Waals surface area contributed by atoms with Gasteiger partial charge in [-0.15, -0.1) is 0 Å². The van der Waals surface area contributed by atoms with Crippen LogP contribution in [0.5, 0.6) is 0 Å². The number of hydrogen-bond acceptors (Lipinski definition) is 3. The molecule has 0 amide bonds. The summed E-state index contributed by atoms with van der Waals surface area (Å²) in [6.07, 6.45) is 5.20. The van der Waals surface area contributed by atoms with Gasteiger partial charge in [-0.25, -0.2) is 0 Å². The fraction of sp³-hybridized carbons (Fsp3) is 0.238. The number of nitriles is 1. The number of aromatic nitrogens is 1. The number of rotatable bonds is 3. The Labute approximate surface area is 156 Å². The maximum Gasteiger partial charge on any atom is 0.269 e. The van der Waals surface area contributed by atoms with Gasteiger partial charge in [-0.2, -0.15) is 5.26 Å². The first-order chi connectivity index (χ1) is 12.7. The fourth-order valence-corrected chi connectivity index (χ4v) is 3.98. The Kier molecular flexibility index (Phi) is 4.40. The molecule has 2 aromatic heterocycles. The lowest BCUT2D eigenvalue weighted by Gasteiger charge is -2.25. The van der Waals surface area contributed by atoms with E-state index >= 15 is 0 Å². The molecule has 3 aromatic rings. The van der Waals surface area contributed by atoms with Crippen molar-refractivity contribution in [2.24, 2.45) is 0 Å². The SMILES string of the molecule is N#Cc1c2c(c(-c3ccccc3Cl)n(Cc3ccco3)c1=O)CCCC2. The van der Waals surface area contributed by atoms with Gasteiger partial charge in [0, 0.05) is 10.6 Å². The van der Waals surface area contributed by atoms with Crippen molar-refractivity contribution in [3.05, 3.63) is 80.5 Å². The predicted molar refractivity (Wildman–Crippen MR) is 100 cm³/mol. The molecule has 0 saturated carbocycles. The van der Waals surface area contributed by atoms with Crippen molar-refractivity contribution >= 4 is 11.6 Å². The summed E-state index contributed by atoms with van der Waals surface area (Å²) in [4.78, 5) is 13.2. The lowest BCUT2D eigenvalue weighted by atomic mass is 9.86. The van der Waals surface area contributed by atoms with E-state index < -0.39 is 0 Å². The van der Waals surface area contributed by atoms with E-state index in [1.165, 1.54) is 0 Å². The second-order valence-electron chi connectivity index (χ2n) is 6.45. The molecule has 4 rings (SSSR count). The van der Waals surface area contributed by atoms with Crippen molar-refractivity contribution in [3.8, 4) is 17.3 Å². The average Bonchev–Trinajstić information content (AvgIpc) is 3.17. The number of pyridine rings is 1. The molecule has 0 spiro atoms. The summed E-state index contributed by atoms with van der Waals surface area (Å²) in [6.45, 7) is 0.272. The highest BCUT2D eigenvalue weighted by molar-refractivity contribution is 6.33. The Morgan fingerprint density at radius 2 is 1.88 bits per heavy atom. The third-order valence-electron chi connectivity index (χ3n) is 4.92.